The van der Waals surface area contributed by atoms with Crippen LogP contribution in [0.4, 0.5) is 0 Å². The van der Waals surface area contributed by atoms with Gasteiger partial charge < -0.3 is 10.6 Å². The van der Waals surface area contributed by atoms with Crippen LogP contribution in [0.1, 0.15) is 13.3 Å². The molecule has 18 heavy (non-hydrogen) atoms. The zero-order valence-corrected chi connectivity index (χ0v) is 12.4. The molecule has 3 unspecified atom stereocenters. The van der Waals surface area contributed by atoms with Gasteiger partial charge in [0, 0.05) is 31.2 Å². The lowest BCUT2D eigenvalue weighted by Crippen LogP contribution is -2.54. The summed E-state index contributed by atoms with van der Waals surface area (Å²) < 4.78 is 23.5. The van der Waals surface area contributed by atoms with E-state index in [1.807, 2.05) is 0 Å². The van der Waals surface area contributed by atoms with Crippen molar-refractivity contribution in [3.8, 4) is 0 Å². The van der Waals surface area contributed by atoms with Crippen molar-refractivity contribution < 1.29 is 8.42 Å². The Hall–Kier alpha value is -0.170. The van der Waals surface area contributed by atoms with E-state index in [2.05, 4.69) is 30.8 Å². The van der Waals surface area contributed by atoms with Crippen LogP contribution in [0.3, 0.4) is 0 Å². The molecule has 3 atom stereocenters. The predicted molar refractivity (Wildman–Crippen MR) is 73.3 cm³/mol. The van der Waals surface area contributed by atoms with E-state index in [1.54, 1.807) is 0 Å². The molecule has 0 amide bonds. The highest BCUT2D eigenvalue weighted by Crippen LogP contribution is 2.34. The summed E-state index contributed by atoms with van der Waals surface area (Å²) in [4.78, 5) is 4.56. The summed E-state index contributed by atoms with van der Waals surface area (Å²) in [6, 6.07) is 0.497. The van der Waals surface area contributed by atoms with Crippen LogP contribution in [-0.4, -0.2) is 75.0 Å². The summed E-state index contributed by atoms with van der Waals surface area (Å²) in [5.41, 5.74) is 5.61. The van der Waals surface area contributed by atoms with Crippen molar-refractivity contribution >= 4 is 9.84 Å². The lowest BCUT2D eigenvalue weighted by atomic mass is 9.97. The Morgan fingerprint density at radius 1 is 1.39 bits per heavy atom. The molecule has 0 radical (unpaired) electrons. The zero-order chi connectivity index (χ0) is 13.6. The van der Waals surface area contributed by atoms with Crippen LogP contribution < -0.4 is 5.73 Å². The van der Waals surface area contributed by atoms with Gasteiger partial charge in [-0.15, -0.1) is 0 Å². The lowest BCUT2D eigenvalue weighted by molar-refractivity contribution is 0.137. The van der Waals surface area contributed by atoms with E-state index in [9.17, 15) is 8.42 Å². The van der Waals surface area contributed by atoms with Crippen molar-refractivity contribution in [3.63, 3.8) is 0 Å². The zero-order valence-electron chi connectivity index (χ0n) is 11.6. The highest BCUT2D eigenvalue weighted by atomic mass is 32.2. The van der Waals surface area contributed by atoms with Gasteiger partial charge in [-0.3, -0.25) is 4.90 Å². The number of sulfone groups is 1. The maximum absolute atomic E-state index is 11.8. The molecule has 2 fully saturated rings. The normalized spacial score (nSPS) is 40.7. The van der Waals surface area contributed by atoms with Crippen molar-refractivity contribution in [2.24, 2.45) is 11.7 Å². The standard InChI is InChI=1S/C12H25N3O2S/c1-10-6-15(7-11(10)14(2)3)12(8-13)4-5-18(16,17)9-12/h10-11H,4-9,13H2,1-3H3. The SMILES string of the molecule is CC1CN(C2(CN)CCS(=O)(=O)C2)CC1N(C)C. The Balaban J connectivity index is 2.17. The highest BCUT2D eigenvalue weighted by Gasteiger charge is 2.49. The minimum atomic E-state index is -2.89. The summed E-state index contributed by atoms with van der Waals surface area (Å²) in [7, 11) is 1.28. The molecule has 5 nitrogen and oxygen atoms in total. The maximum atomic E-state index is 11.8. The van der Waals surface area contributed by atoms with Gasteiger partial charge in [-0.1, -0.05) is 6.92 Å². The minimum Gasteiger partial charge on any atom is -0.329 e. The van der Waals surface area contributed by atoms with Crippen molar-refractivity contribution in [2.45, 2.75) is 24.9 Å². The lowest BCUT2D eigenvalue weighted by Gasteiger charge is -2.37. The van der Waals surface area contributed by atoms with Crippen molar-refractivity contribution in [2.75, 3.05) is 45.2 Å². The number of likely N-dealkylation sites (N-methyl/N-ethyl adjacent to an activating group) is 1. The molecule has 2 aliphatic heterocycles. The van der Waals surface area contributed by atoms with Gasteiger partial charge in [-0.25, -0.2) is 8.42 Å². The molecule has 0 saturated carbocycles. The number of nitrogens with zero attached hydrogens (tertiary/aromatic N) is 2. The molecule has 2 aliphatic rings. The molecule has 0 bridgehead atoms. The molecule has 6 heteroatoms. The molecule has 2 N–H and O–H groups in total. The largest absolute Gasteiger partial charge is 0.329 e. The molecule has 106 valence electrons. The maximum Gasteiger partial charge on any atom is 0.152 e. The van der Waals surface area contributed by atoms with Crippen LogP contribution in [0.5, 0.6) is 0 Å². The molecule has 2 saturated heterocycles. The van der Waals surface area contributed by atoms with E-state index in [-0.39, 0.29) is 11.3 Å². The van der Waals surface area contributed by atoms with Gasteiger partial charge in [0.05, 0.1) is 11.5 Å². The average Bonchev–Trinajstić information content (AvgIpc) is 2.80. The van der Waals surface area contributed by atoms with E-state index >= 15 is 0 Å². The van der Waals surface area contributed by atoms with Crippen LogP contribution in [0, 0.1) is 5.92 Å². The molecule has 0 aromatic rings. The van der Waals surface area contributed by atoms with Gasteiger partial charge in [0.15, 0.2) is 9.84 Å². The van der Waals surface area contributed by atoms with Crippen molar-refractivity contribution in [1.82, 2.24) is 9.80 Å². The Kier molecular flexibility index (Phi) is 3.75. The quantitative estimate of drug-likeness (QED) is 0.744. The molecule has 0 aromatic carbocycles. The van der Waals surface area contributed by atoms with Crippen molar-refractivity contribution in [3.05, 3.63) is 0 Å². The third-order valence-electron chi connectivity index (χ3n) is 4.65. The Morgan fingerprint density at radius 3 is 2.44 bits per heavy atom. The van der Waals surface area contributed by atoms with E-state index < -0.39 is 9.84 Å². The topological polar surface area (TPSA) is 66.6 Å². The van der Waals surface area contributed by atoms with Gasteiger partial charge in [0.1, 0.15) is 0 Å². The number of hydrogen-bond donors (Lipinski definition) is 1. The predicted octanol–water partition coefficient (Wildman–Crippen LogP) is -0.616. The fraction of sp³-hybridized carbons (Fsp3) is 1.00. The Labute approximate surface area is 110 Å². The summed E-state index contributed by atoms with van der Waals surface area (Å²) in [6.45, 7) is 4.56. The highest BCUT2D eigenvalue weighted by molar-refractivity contribution is 7.91. The van der Waals surface area contributed by atoms with Gasteiger partial charge in [-0.2, -0.15) is 0 Å². The number of rotatable bonds is 3. The van der Waals surface area contributed by atoms with Crippen LogP contribution >= 0.6 is 0 Å². The number of hydrogen-bond acceptors (Lipinski definition) is 5. The number of nitrogens with two attached hydrogens (primary N) is 1. The molecular weight excluding hydrogens is 250 g/mol. The Morgan fingerprint density at radius 2 is 2.06 bits per heavy atom. The first-order valence-electron chi connectivity index (χ1n) is 6.62. The fourth-order valence-electron chi connectivity index (χ4n) is 3.45. The van der Waals surface area contributed by atoms with E-state index in [4.69, 9.17) is 5.73 Å². The van der Waals surface area contributed by atoms with Crippen LogP contribution in [0.25, 0.3) is 0 Å². The molecule has 2 rings (SSSR count). The average molecular weight is 275 g/mol. The van der Waals surface area contributed by atoms with Gasteiger partial charge >= 0.3 is 0 Å². The molecule has 0 aromatic heterocycles. The van der Waals surface area contributed by atoms with E-state index in [0.29, 0.717) is 30.7 Å². The first-order chi connectivity index (χ1) is 8.30. The number of likely N-dealkylation sites (tertiary alicyclic amines) is 1. The third-order valence-corrected chi connectivity index (χ3v) is 6.46. The monoisotopic (exact) mass is 275 g/mol. The van der Waals surface area contributed by atoms with Crippen LogP contribution in [0.15, 0.2) is 0 Å². The second-order valence-electron chi connectivity index (χ2n) is 6.18. The van der Waals surface area contributed by atoms with Gasteiger partial charge in [0.25, 0.3) is 0 Å². The van der Waals surface area contributed by atoms with Gasteiger partial charge in [0.2, 0.25) is 0 Å². The molecular formula is C12H25N3O2S. The first-order valence-corrected chi connectivity index (χ1v) is 8.44. The van der Waals surface area contributed by atoms with Crippen LogP contribution in [-0.2, 0) is 9.84 Å². The second-order valence-corrected chi connectivity index (χ2v) is 8.37. The fourth-order valence-corrected chi connectivity index (χ4v) is 5.55. The first kappa shape index (κ1) is 14.2. The molecule has 0 spiro atoms. The smallest absolute Gasteiger partial charge is 0.152 e. The van der Waals surface area contributed by atoms with Gasteiger partial charge in [-0.05, 0) is 26.4 Å². The molecule has 0 aliphatic carbocycles. The molecule has 2 heterocycles. The Bertz CT molecular complexity index is 410. The van der Waals surface area contributed by atoms with E-state index in [1.165, 1.54) is 0 Å². The summed E-state index contributed by atoms with van der Waals surface area (Å²) in [5.74, 6) is 1.09. The van der Waals surface area contributed by atoms with Crippen LogP contribution in [0.2, 0.25) is 0 Å². The second kappa shape index (κ2) is 4.74. The minimum absolute atomic E-state index is 0.239. The third kappa shape index (κ3) is 2.43. The summed E-state index contributed by atoms with van der Waals surface area (Å²) >= 11 is 0. The summed E-state index contributed by atoms with van der Waals surface area (Å²) in [5, 5.41) is 0. The van der Waals surface area contributed by atoms with E-state index in [0.717, 1.165) is 13.1 Å². The summed E-state index contributed by atoms with van der Waals surface area (Å²) in [6.07, 6.45) is 0.693. The van der Waals surface area contributed by atoms with Crippen molar-refractivity contribution in [1.29, 1.82) is 0 Å².